The lowest BCUT2D eigenvalue weighted by Gasteiger charge is -2.35. The highest BCUT2D eigenvalue weighted by Gasteiger charge is 2.19. The van der Waals surface area contributed by atoms with E-state index in [1.807, 2.05) is 31.3 Å². The van der Waals surface area contributed by atoms with Gasteiger partial charge in [0.15, 0.2) is 0 Å². The van der Waals surface area contributed by atoms with E-state index >= 15 is 0 Å². The predicted molar refractivity (Wildman–Crippen MR) is 116 cm³/mol. The first kappa shape index (κ1) is 19.6. The Balaban J connectivity index is 1.32. The van der Waals surface area contributed by atoms with Gasteiger partial charge in [-0.1, -0.05) is 6.07 Å². The largest absolute Gasteiger partial charge is 0.494 e. The van der Waals surface area contributed by atoms with Crippen LogP contribution in [0.25, 0.3) is 0 Å². The van der Waals surface area contributed by atoms with Gasteiger partial charge in [-0.2, -0.15) is 0 Å². The highest BCUT2D eigenvalue weighted by Crippen LogP contribution is 2.17. The number of anilines is 3. The summed E-state index contributed by atoms with van der Waals surface area (Å²) in [6, 6.07) is 13.0. The third kappa shape index (κ3) is 4.65. The van der Waals surface area contributed by atoms with Crippen molar-refractivity contribution in [2.24, 2.45) is 0 Å². The molecule has 1 aliphatic rings. The van der Waals surface area contributed by atoms with Crippen molar-refractivity contribution in [1.82, 2.24) is 15.0 Å². The summed E-state index contributed by atoms with van der Waals surface area (Å²) in [6.45, 7) is 5.86. The topological polar surface area (TPSA) is 83.5 Å². The summed E-state index contributed by atoms with van der Waals surface area (Å²) in [5, 5.41) is 2.83. The number of hydrogen-bond donors (Lipinski definition) is 1. The van der Waals surface area contributed by atoms with E-state index in [-0.39, 0.29) is 5.91 Å². The Labute approximate surface area is 175 Å². The van der Waals surface area contributed by atoms with Crippen LogP contribution in [-0.4, -0.2) is 53.6 Å². The maximum atomic E-state index is 12.4. The summed E-state index contributed by atoms with van der Waals surface area (Å²) in [6.07, 6.45) is 5.09. The van der Waals surface area contributed by atoms with E-state index in [4.69, 9.17) is 4.74 Å². The molecule has 3 heterocycles. The van der Waals surface area contributed by atoms with Gasteiger partial charge in [-0.15, -0.1) is 0 Å². The first-order valence-electron chi connectivity index (χ1n) is 10.00. The molecule has 1 aliphatic heterocycles. The zero-order valence-electron chi connectivity index (χ0n) is 16.9. The number of piperazine rings is 1. The monoisotopic (exact) mass is 404 g/mol. The molecular weight excluding hydrogens is 380 g/mol. The number of carbonyl (C=O) groups excluding carboxylic acids is 1. The lowest BCUT2D eigenvalue weighted by molar-refractivity contribution is 0.102. The number of nitrogens with one attached hydrogen (secondary N) is 1. The Hall–Kier alpha value is -3.68. The second kappa shape index (κ2) is 9.21. The fraction of sp³-hybridized carbons (Fsp3) is 0.273. The molecule has 1 amide bonds. The second-order valence-electron chi connectivity index (χ2n) is 6.85. The molecule has 0 spiro atoms. The minimum atomic E-state index is -0.210. The Morgan fingerprint density at radius 2 is 1.67 bits per heavy atom. The van der Waals surface area contributed by atoms with Gasteiger partial charge in [0.05, 0.1) is 24.7 Å². The summed E-state index contributed by atoms with van der Waals surface area (Å²) in [5.74, 6) is 2.18. The van der Waals surface area contributed by atoms with Crippen LogP contribution in [-0.2, 0) is 0 Å². The van der Waals surface area contributed by atoms with Gasteiger partial charge in [0.1, 0.15) is 11.6 Å². The van der Waals surface area contributed by atoms with Gasteiger partial charge in [0.25, 0.3) is 5.91 Å². The molecule has 30 heavy (non-hydrogen) atoms. The summed E-state index contributed by atoms with van der Waals surface area (Å²) in [5.41, 5.74) is 1.11. The number of ether oxygens (including phenoxy) is 1. The van der Waals surface area contributed by atoms with Gasteiger partial charge in [-0.25, -0.2) is 15.0 Å². The average Bonchev–Trinajstić information content (AvgIpc) is 2.81. The predicted octanol–water partition coefficient (Wildman–Crippen LogP) is 2.85. The number of rotatable bonds is 6. The standard InChI is InChI=1S/C22H24N6O2/c1-2-30-19-8-6-17(7-9-19)21(29)26-18-15-24-22(25-16-18)28-13-11-27(12-14-28)20-5-3-4-10-23-20/h3-10,15-16H,2,11-14H2,1H3,(H,26,29). The number of carbonyl (C=O) groups is 1. The van der Waals surface area contributed by atoms with Crippen molar-refractivity contribution in [2.75, 3.05) is 47.9 Å². The number of aromatic nitrogens is 3. The minimum absolute atomic E-state index is 0.210. The van der Waals surface area contributed by atoms with Crippen LogP contribution in [0.2, 0.25) is 0 Å². The first-order valence-corrected chi connectivity index (χ1v) is 10.00. The Bertz CT molecular complexity index is 955. The first-order chi connectivity index (χ1) is 14.7. The van der Waals surface area contributed by atoms with Crippen molar-refractivity contribution >= 4 is 23.4 Å². The summed E-state index contributed by atoms with van der Waals surface area (Å²) in [7, 11) is 0. The highest BCUT2D eigenvalue weighted by atomic mass is 16.5. The summed E-state index contributed by atoms with van der Waals surface area (Å²) in [4.78, 5) is 30.1. The summed E-state index contributed by atoms with van der Waals surface area (Å²) < 4.78 is 5.40. The number of pyridine rings is 1. The molecule has 3 aromatic rings. The SMILES string of the molecule is CCOc1ccc(C(=O)Nc2cnc(N3CCN(c4ccccn4)CC3)nc2)cc1. The zero-order valence-corrected chi connectivity index (χ0v) is 16.9. The van der Waals surface area contributed by atoms with Gasteiger partial charge >= 0.3 is 0 Å². The van der Waals surface area contributed by atoms with Crippen molar-refractivity contribution in [2.45, 2.75) is 6.92 Å². The van der Waals surface area contributed by atoms with Crippen LogP contribution in [0.15, 0.2) is 61.1 Å². The molecule has 2 aromatic heterocycles. The molecule has 1 fully saturated rings. The molecule has 4 rings (SSSR count). The van der Waals surface area contributed by atoms with E-state index < -0.39 is 0 Å². The minimum Gasteiger partial charge on any atom is -0.494 e. The molecule has 154 valence electrons. The molecule has 0 saturated carbocycles. The van der Waals surface area contributed by atoms with Crippen molar-refractivity contribution in [3.8, 4) is 5.75 Å². The number of nitrogens with zero attached hydrogens (tertiary/aromatic N) is 5. The highest BCUT2D eigenvalue weighted by molar-refractivity contribution is 6.04. The number of amides is 1. The van der Waals surface area contributed by atoms with E-state index in [1.54, 1.807) is 36.7 Å². The van der Waals surface area contributed by atoms with Gasteiger partial charge in [0.2, 0.25) is 5.95 Å². The lowest BCUT2D eigenvalue weighted by atomic mass is 10.2. The van der Waals surface area contributed by atoms with Crippen LogP contribution in [0.3, 0.4) is 0 Å². The normalized spacial score (nSPS) is 13.8. The smallest absolute Gasteiger partial charge is 0.255 e. The van der Waals surface area contributed by atoms with Gasteiger partial charge in [-0.3, -0.25) is 4.79 Å². The van der Waals surface area contributed by atoms with E-state index in [0.717, 1.165) is 37.7 Å². The van der Waals surface area contributed by atoms with E-state index in [2.05, 4.69) is 30.1 Å². The Kier molecular flexibility index (Phi) is 6.03. The van der Waals surface area contributed by atoms with E-state index in [0.29, 0.717) is 23.8 Å². The quantitative estimate of drug-likeness (QED) is 0.676. The summed E-state index contributed by atoms with van der Waals surface area (Å²) >= 11 is 0. The van der Waals surface area contributed by atoms with Crippen LogP contribution < -0.4 is 19.9 Å². The molecule has 0 bridgehead atoms. The van der Waals surface area contributed by atoms with Crippen molar-refractivity contribution in [1.29, 1.82) is 0 Å². The third-order valence-electron chi connectivity index (χ3n) is 4.86. The Morgan fingerprint density at radius 3 is 2.30 bits per heavy atom. The maximum Gasteiger partial charge on any atom is 0.255 e. The third-order valence-corrected chi connectivity index (χ3v) is 4.86. The van der Waals surface area contributed by atoms with Crippen LogP contribution >= 0.6 is 0 Å². The molecule has 8 nitrogen and oxygen atoms in total. The van der Waals surface area contributed by atoms with Crippen LogP contribution in [0, 0.1) is 0 Å². The fourth-order valence-corrected chi connectivity index (χ4v) is 3.30. The number of hydrogen-bond acceptors (Lipinski definition) is 7. The lowest BCUT2D eigenvalue weighted by Crippen LogP contribution is -2.47. The molecule has 1 aromatic carbocycles. The van der Waals surface area contributed by atoms with Gasteiger partial charge < -0.3 is 19.9 Å². The number of benzene rings is 1. The van der Waals surface area contributed by atoms with Crippen molar-refractivity contribution in [3.05, 3.63) is 66.6 Å². The molecule has 1 saturated heterocycles. The Morgan fingerprint density at radius 1 is 0.967 bits per heavy atom. The maximum absolute atomic E-state index is 12.4. The zero-order chi connectivity index (χ0) is 20.8. The average molecular weight is 404 g/mol. The van der Waals surface area contributed by atoms with Crippen molar-refractivity contribution in [3.63, 3.8) is 0 Å². The molecule has 0 unspecified atom stereocenters. The molecule has 0 aliphatic carbocycles. The molecule has 1 N–H and O–H groups in total. The molecule has 0 radical (unpaired) electrons. The van der Waals surface area contributed by atoms with Crippen molar-refractivity contribution < 1.29 is 9.53 Å². The van der Waals surface area contributed by atoms with E-state index in [9.17, 15) is 4.79 Å². The van der Waals surface area contributed by atoms with Gasteiger partial charge in [0, 0.05) is 37.9 Å². The molecule has 0 atom stereocenters. The molecular formula is C22H24N6O2. The second-order valence-corrected chi connectivity index (χ2v) is 6.85. The van der Waals surface area contributed by atoms with Crippen LogP contribution in [0.4, 0.5) is 17.5 Å². The van der Waals surface area contributed by atoms with Crippen LogP contribution in [0.1, 0.15) is 17.3 Å². The van der Waals surface area contributed by atoms with Gasteiger partial charge in [-0.05, 0) is 43.3 Å². The van der Waals surface area contributed by atoms with Crippen LogP contribution in [0.5, 0.6) is 5.75 Å². The fourth-order valence-electron chi connectivity index (χ4n) is 3.30. The van der Waals surface area contributed by atoms with E-state index in [1.165, 1.54) is 0 Å². The molecule has 8 heteroatoms.